The fourth-order valence-electron chi connectivity index (χ4n) is 1.18. The van der Waals surface area contributed by atoms with Crippen molar-refractivity contribution in [1.82, 2.24) is 5.32 Å². The zero-order valence-electron chi connectivity index (χ0n) is 9.12. The van der Waals surface area contributed by atoms with Crippen molar-refractivity contribution in [3.63, 3.8) is 0 Å². The normalized spacial score (nSPS) is 14.9. The third kappa shape index (κ3) is 5.19. The van der Waals surface area contributed by atoms with E-state index >= 15 is 0 Å². The highest BCUT2D eigenvalue weighted by Gasteiger charge is 2.15. The van der Waals surface area contributed by atoms with Gasteiger partial charge in [0, 0.05) is 5.92 Å². The average Bonchev–Trinajstić information content (AvgIpc) is 2.21. The van der Waals surface area contributed by atoms with Crippen LogP contribution in [0.15, 0.2) is 0 Å². The summed E-state index contributed by atoms with van der Waals surface area (Å²) in [5.41, 5.74) is 5.36. The first-order valence-corrected chi connectivity index (χ1v) is 5.27. The number of rotatable bonds is 7. The largest absolute Gasteiger partial charge is 0.394 e. The molecule has 0 spiro atoms. The number of hydrogen-bond acceptors (Lipinski definition) is 3. The van der Waals surface area contributed by atoms with E-state index in [2.05, 4.69) is 5.32 Å². The van der Waals surface area contributed by atoms with Gasteiger partial charge in [0.2, 0.25) is 5.91 Å². The third-order valence-electron chi connectivity index (χ3n) is 2.35. The van der Waals surface area contributed by atoms with E-state index in [4.69, 9.17) is 10.8 Å². The Kier molecular flexibility index (Phi) is 7.42. The number of hydrogen-bond donors (Lipinski definition) is 3. The van der Waals surface area contributed by atoms with E-state index in [-0.39, 0.29) is 24.5 Å². The minimum absolute atomic E-state index is 0.00580. The second-order valence-corrected chi connectivity index (χ2v) is 3.63. The summed E-state index contributed by atoms with van der Waals surface area (Å²) in [5.74, 6) is -0.00139. The summed E-state index contributed by atoms with van der Waals surface area (Å²) in [7, 11) is 0. The first-order chi connectivity index (χ1) is 6.65. The van der Waals surface area contributed by atoms with Crippen molar-refractivity contribution >= 4 is 5.91 Å². The van der Waals surface area contributed by atoms with Crippen molar-refractivity contribution in [2.24, 2.45) is 11.7 Å². The highest BCUT2D eigenvalue weighted by Crippen LogP contribution is 2.05. The van der Waals surface area contributed by atoms with E-state index in [0.29, 0.717) is 6.54 Å². The summed E-state index contributed by atoms with van der Waals surface area (Å²) in [6.45, 7) is 4.45. The van der Waals surface area contributed by atoms with Crippen LogP contribution in [0.4, 0.5) is 0 Å². The predicted molar refractivity (Wildman–Crippen MR) is 56.8 cm³/mol. The molecule has 0 bridgehead atoms. The fourth-order valence-corrected chi connectivity index (χ4v) is 1.18. The molecular weight excluding hydrogens is 180 g/mol. The summed E-state index contributed by atoms with van der Waals surface area (Å²) >= 11 is 0. The maximum atomic E-state index is 11.5. The van der Waals surface area contributed by atoms with Crippen LogP contribution in [0.5, 0.6) is 0 Å². The van der Waals surface area contributed by atoms with E-state index in [1.165, 1.54) is 0 Å². The Morgan fingerprint density at radius 2 is 2.21 bits per heavy atom. The molecule has 0 aliphatic carbocycles. The average molecular weight is 202 g/mol. The Bertz CT molecular complexity index is 158. The van der Waals surface area contributed by atoms with Crippen LogP contribution in [0.3, 0.4) is 0 Å². The standard InChI is InChI=1S/C10H22N2O2/c1-3-9(7-13)12-10(14)8(2)5-4-6-11/h8-9,13H,3-7,11H2,1-2H3,(H,12,14)/t8?,9-/m0/s1. The summed E-state index contributed by atoms with van der Waals surface area (Å²) in [6, 6.07) is -0.108. The second kappa shape index (κ2) is 7.76. The van der Waals surface area contributed by atoms with Crippen molar-refractivity contribution in [2.45, 2.75) is 39.2 Å². The van der Waals surface area contributed by atoms with E-state index in [1.54, 1.807) is 0 Å². The zero-order valence-corrected chi connectivity index (χ0v) is 9.12. The number of aliphatic hydroxyl groups is 1. The smallest absolute Gasteiger partial charge is 0.223 e. The first kappa shape index (κ1) is 13.4. The maximum Gasteiger partial charge on any atom is 0.223 e. The maximum absolute atomic E-state index is 11.5. The van der Waals surface area contributed by atoms with Crippen LogP contribution in [-0.2, 0) is 4.79 Å². The molecule has 0 saturated heterocycles. The molecule has 1 unspecified atom stereocenters. The molecule has 0 heterocycles. The summed E-state index contributed by atoms with van der Waals surface area (Å²) < 4.78 is 0. The predicted octanol–water partition coefficient (Wildman–Crippen LogP) is 0.249. The van der Waals surface area contributed by atoms with Gasteiger partial charge in [-0.1, -0.05) is 13.8 Å². The van der Waals surface area contributed by atoms with Gasteiger partial charge in [-0.05, 0) is 25.8 Å². The van der Waals surface area contributed by atoms with E-state index in [0.717, 1.165) is 19.3 Å². The zero-order chi connectivity index (χ0) is 11.0. The van der Waals surface area contributed by atoms with E-state index in [9.17, 15) is 4.79 Å². The molecule has 1 amide bonds. The molecule has 0 aromatic rings. The molecule has 4 heteroatoms. The number of amides is 1. The van der Waals surface area contributed by atoms with Gasteiger partial charge in [0.25, 0.3) is 0 Å². The Balaban J connectivity index is 3.81. The Morgan fingerprint density at radius 1 is 1.57 bits per heavy atom. The van der Waals surface area contributed by atoms with Gasteiger partial charge >= 0.3 is 0 Å². The van der Waals surface area contributed by atoms with Gasteiger partial charge in [0.05, 0.1) is 12.6 Å². The van der Waals surface area contributed by atoms with Crippen molar-refractivity contribution in [3.8, 4) is 0 Å². The quantitative estimate of drug-likeness (QED) is 0.554. The second-order valence-electron chi connectivity index (χ2n) is 3.63. The number of nitrogens with two attached hydrogens (primary N) is 1. The molecule has 2 atom stereocenters. The first-order valence-electron chi connectivity index (χ1n) is 5.27. The Hall–Kier alpha value is -0.610. The molecular formula is C10H22N2O2. The van der Waals surface area contributed by atoms with Crippen molar-refractivity contribution in [2.75, 3.05) is 13.2 Å². The van der Waals surface area contributed by atoms with Gasteiger partial charge in [-0.25, -0.2) is 0 Å². The lowest BCUT2D eigenvalue weighted by atomic mass is 10.0. The molecule has 0 aliphatic heterocycles. The Morgan fingerprint density at radius 3 is 2.64 bits per heavy atom. The minimum atomic E-state index is -0.108. The highest BCUT2D eigenvalue weighted by atomic mass is 16.3. The summed E-state index contributed by atoms with van der Waals surface area (Å²) in [4.78, 5) is 11.5. The summed E-state index contributed by atoms with van der Waals surface area (Å²) in [6.07, 6.45) is 2.43. The third-order valence-corrected chi connectivity index (χ3v) is 2.35. The van der Waals surface area contributed by atoms with Gasteiger partial charge in [-0.3, -0.25) is 4.79 Å². The van der Waals surface area contributed by atoms with Crippen LogP contribution in [-0.4, -0.2) is 30.2 Å². The van der Waals surface area contributed by atoms with E-state index in [1.807, 2.05) is 13.8 Å². The van der Waals surface area contributed by atoms with Crippen LogP contribution >= 0.6 is 0 Å². The van der Waals surface area contributed by atoms with Crippen LogP contribution in [0, 0.1) is 5.92 Å². The topological polar surface area (TPSA) is 75.3 Å². The summed E-state index contributed by atoms with van der Waals surface area (Å²) in [5, 5.41) is 11.7. The van der Waals surface area contributed by atoms with Gasteiger partial charge < -0.3 is 16.2 Å². The van der Waals surface area contributed by atoms with Crippen molar-refractivity contribution < 1.29 is 9.90 Å². The van der Waals surface area contributed by atoms with Crippen molar-refractivity contribution in [1.29, 1.82) is 0 Å². The lowest BCUT2D eigenvalue weighted by molar-refractivity contribution is -0.125. The molecule has 0 saturated carbocycles. The van der Waals surface area contributed by atoms with Gasteiger partial charge in [-0.2, -0.15) is 0 Å². The molecule has 0 aliphatic rings. The fraction of sp³-hybridized carbons (Fsp3) is 0.900. The highest BCUT2D eigenvalue weighted by molar-refractivity contribution is 5.78. The van der Waals surface area contributed by atoms with Crippen LogP contribution in [0.25, 0.3) is 0 Å². The molecule has 14 heavy (non-hydrogen) atoms. The molecule has 4 N–H and O–H groups in total. The number of aliphatic hydroxyl groups excluding tert-OH is 1. The lowest BCUT2D eigenvalue weighted by Gasteiger charge is -2.17. The van der Waals surface area contributed by atoms with Gasteiger partial charge in [-0.15, -0.1) is 0 Å². The minimum Gasteiger partial charge on any atom is -0.394 e. The monoisotopic (exact) mass is 202 g/mol. The molecule has 4 nitrogen and oxygen atoms in total. The number of carbonyl (C=O) groups excluding carboxylic acids is 1. The molecule has 0 rings (SSSR count). The molecule has 0 radical (unpaired) electrons. The molecule has 84 valence electrons. The van der Waals surface area contributed by atoms with Crippen LogP contribution < -0.4 is 11.1 Å². The van der Waals surface area contributed by atoms with Crippen molar-refractivity contribution in [3.05, 3.63) is 0 Å². The number of carbonyl (C=O) groups is 1. The lowest BCUT2D eigenvalue weighted by Crippen LogP contribution is -2.40. The Labute approximate surface area is 85.9 Å². The van der Waals surface area contributed by atoms with Crippen LogP contribution in [0.2, 0.25) is 0 Å². The number of nitrogens with one attached hydrogen (secondary N) is 1. The van der Waals surface area contributed by atoms with Gasteiger partial charge in [0.15, 0.2) is 0 Å². The molecule has 0 fully saturated rings. The van der Waals surface area contributed by atoms with Crippen LogP contribution in [0.1, 0.15) is 33.1 Å². The molecule has 0 aromatic carbocycles. The van der Waals surface area contributed by atoms with Gasteiger partial charge in [0.1, 0.15) is 0 Å². The van der Waals surface area contributed by atoms with E-state index < -0.39 is 0 Å². The molecule has 0 aromatic heterocycles. The SMILES string of the molecule is CC[C@@H](CO)NC(=O)C(C)CCCN.